The van der Waals surface area contributed by atoms with Gasteiger partial charge >= 0.3 is 0 Å². The van der Waals surface area contributed by atoms with E-state index < -0.39 is 6.04 Å². The van der Waals surface area contributed by atoms with Crippen LogP contribution >= 0.6 is 0 Å². The maximum atomic E-state index is 10.9. The van der Waals surface area contributed by atoms with Gasteiger partial charge in [0.2, 0.25) is 5.91 Å². The Kier molecular flexibility index (Phi) is 2.22. The normalized spacial score (nSPS) is 12.5. The largest absolute Gasteiger partial charge is 0.363 e. The summed E-state index contributed by atoms with van der Waals surface area (Å²) in [5.41, 5.74) is 5.81. The first-order valence-electron chi connectivity index (χ1n) is 3.16. The molecule has 0 aliphatic rings. The molecule has 1 rings (SSSR count). The maximum Gasteiger partial charge on any atom is 0.241 e. The van der Waals surface area contributed by atoms with Crippen molar-refractivity contribution in [1.82, 2.24) is 5.16 Å². The lowest BCUT2D eigenvalue weighted by Gasteiger charge is -2.02. The summed E-state index contributed by atoms with van der Waals surface area (Å²) in [6, 6.07) is -0.523. The van der Waals surface area contributed by atoms with E-state index in [4.69, 9.17) is 5.73 Å². The average molecular weight is 155 g/mol. The highest BCUT2D eigenvalue weighted by atomic mass is 16.5. The second kappa shape index (κ2) is 3.16. The summed E-state index contributed by atoms with van der Waals surface area (Å²) in [5.74, 6) is -0.256. The Hall–Kier alpha value is -1.36. The minimum Gasteiger partial charge on any atom is -0.363 e. The van der Waals surface area contributed by atoms with Crippen LogP contribution in [0, 0.1) is 0 Å². The summed E-state index contributed by atoms with van der Waals surface area (Å²) < 4.78 is 4.49. The molecule has 1 atom stereocenters. The predicted octanol–water partition coefficient (Wildman–Crippen LogP) is -0.0397. The minimum atomic E-state index is -0.523. The fourth-order valence-electron chi connectivity index (χ4n) is 0.523. The molecule has 0 spiro atoms. The Labute approximate surface area is 63.5 Å². The van der Waals surface area contributed by atoms with Crippen molar-refractivity contribution in [2.24, 2.45) is 5.73 Å². The van der Waals surface area contributed by atoms with Crippen molar-refractivity contribution in [1.29, 1.82) is 0 Å². The molecule has 5 heteroatoms. The minimum absolute atomic E-state index is 0.256. The lowest BCUT2D eigenvalue weighted by atomic mass is 10.3. The molecule has 5 nitrogen and oxygen atoms in total. The highest BCUT2D eigenvalue weighted by Crippen LogP contribution is 2.02. The van der Waals surface area contributed by atoms with Gasteiger partial charge in [-0.3, -0.25) is 4.79 Å². The van der Waals surface area contributed by atoms with E-state index in [1.54, 1.807) is 6.92 Å². The number of nitrogens with one attached hydrogen (secondary N) is 1. The SMILES string of the molecule is CC(N)C(=O)Nc1cnoc1. The van der Waals surface area contributed by atoms with Gasteiger partial charge in [0.05, 0.1) is 12.2 Å². The third-order valence-electron chi connectivity index (χ3n) is 1.11. The summed E-state index contributed by atoms with van der Waals surface area (Å²) >= 11 is 0. The molecule has 11 heavy (non-hydrogen) atoms. The Balaban J connectivity index is 2.50. The lowest BCUT2D eigenvalue weighted by Crippen LogP contribution is -2.32. The third kappa shape index (κ3) is 2.05. The first-order chi connectivity index (χ1) is 5.20. The molecule has 0 saturated heterocycles. The van der Waals surface area contributed by atoms with E-state index in [0.29, 0.717) is 5.69 Å². The Morgan fingerprint density at radius 1 is 1.91 bits per heavy atom. The van der Waals surface area contributed by atoms with Crippen molar-refractivity contribution in [2.45, 2.75) is 13.0 Å². The van der Waals surface area contributed by atoms with E-state index in [9.17, 15) is 4.79 Å². The smallest absolute Gasteiger partial charge is 0.241 e. The van der Waals surface area contributed by atoms with Crippen LogP contribution in [0.4, 0.5) is 5.69 Å². The predicted molar refractivity (Wildman–Crippen MR) is 38.8 cm³/mol. The monoisotopic (exact) mass is 155 g/mol. The summed E-state index contributed by atoms with van der Waals surface area (Å²) in [5, 5.41) is 5.91. The molecule has 0 radical (unpaired) electrons. The standard InChI is InChI=1S/C6H9N3O2/c1-4(7)6(10)9-5-2-8-11-3-5/h2-4H,7H2,1H3,(H,9,10). The quantitative estimate of drug-likeness (QED) is 0.627. The molecule has 1 aromatic rings. The average Bonchev–Trinajstić information content (AvgIpc) is 2.39. The summed E-state index contributed by atoms with van der Waals surface area (Å²) in [6.45, 7) is 1.60. The van der Waals surface area contributed by atoms with Crippen molar-refractivity contribution in [2.75, 3.05) is 5.32 Å². The fourth-order valence-corrected chi connectivity index (χ4v) is 0.523. The van der Waals surface area contributed by atoms with Crippen LogP contribution in [0.3, 0.4) is 0 Å². The number of amides is 1. The first kappa shape index (κ1) is 7.74. The Morgan fingerprint density at radius 3 is 3.09 bits per heavy atom. The molecule has 0 aromatic carbocycles. The van der Waals surface area contributed by atoms with Gasteiger partial charge in [0.15, 0.2) is 0 Å². The second-order valence-electron chi connectivity index (χ2n) is 2.19. The summed E-state index contributed by atoms with van der Waals surface area (Å²) in [6.07, 6.45) is 2.74. The van der Waals surface area contributed by atoms with Gasteiger partial charge in [-0.25, -0.2) is 0 Å². The number of nitrogens with two attached hydrogens (primary N) is 1. The number of anilines is 1. The number of nitrogens with zero attached hydrogens (tertiary/aromatic N) is 1. The number of rotatable bonds is 2. The van der Waals surface area contributed by atoms with Gasteiger partial charge in [0.1, 0.15) is 12.0 Å². The van der Waals surface area contributed by atoms with E-state index in [2.05, 4.69) is 15.0 Å². The lowest BCUT2D eigenvalue weighted by molar-refractivity contribution is -0.117. The Bertz CT molecular complexity index is 230. The molecule has 1 amide bonds. The molecule has 1 unspecified atom stereocenters. The van der Waals surface area contributed by atoms with Crippen molar-refractivity contribution >= 4 is 11.6 Å². The van der Waals surface area contributed by atoms with E-state index in [1.807, 2.05) is 0 Å². The highest BCUT2D eigenvalue weighted by molar-refractivity contribution is 5.93. The molecule has 1 aromatic heterocycles. The van der Waals surface area contributed by atoms with Gasteiger partial charge in [0.25, 0.3) is 0 Å². The van der Waals surface area contributed by atoms with Crippen molar-refractivity contribution in [3.8, 4) is 0 Å². The number of carbonyl (C=O) groups is 1. The third-order valence-corrected chi connectivity index (χ3v) is 1.11. The van der Waals surface area contributed by atoms with Crippen LogP contribution in [-0.4, -0.2) is 17.1 Å². The number of hydrogen-bond acceptors (Lipinski definition) is 4. The van der Waals surface area contributed by atoms with Crippen LogP contribution in [-0.2, 0) is 4.79 Å². The zero-order valence-electron chi connectivity index (χ0n) is 6.07. The van der Waals surface area contributed by atoms with Gasteiger partial charge in [-0.1, -0.05) is 5.16 Å². The topological polar surface area (TPSA) is 81.2 Å². The van der Waals surface area contributed by atoms with E-state index >= 15 is 0 Å². The molecule has 3 N–H and O–H groups in total. The van der Waals surface area contributed by atoms with Crippen molar-refractivity contribution in [3.63, 3.8) is 0 Å². The van der Waals surface area contributed by atoms with Crippen LogP contribution in [0.25, 0.3) is 0 Å². The molecule has 1 heterocycles. The van der Waals surface area contributed by atoms with Gasteiger partial charge < -0.3 is 15.6 Å². The van der Waals surface area contributed by atoms with Crippen LogP contribution in [0.2, 0.25) is 0 Å². The molecular formula is C6H9N3O2. The molecule has 0 fully saturated rings. The van der Waals surface area contributed by atoms with Crippen LogP contribution in [0.1, 0.15) is 6.92 Å². The summed E-state index contributed by atoms with van der Waals surface area (Å²) in [7, 11) is 0. The molecule has 60 valence electrons. The molecule has 0 bridgehead atoms. The fraction of sp³-hybridized carbons (Fsp3) is 0.333. The van der Waals surface area contributed by atoms with Gasteiger partial charge in [0, 0.05) is 0 Å². The zero-order valence-corrected chi connectivity index (χ0v) is 6.07. The maximum absolute atomic E-state index is 10.9. The van der Waals surface area contributed by atoms with Crippen LogP contribution in [0.15, 0.2) is 17.0 Å². The van der Waals surface area contributed by atoms with Crippen molar-refractivity contribution in [3.05, 3.63) is 12.5 Å². The highest BCUT2D eigenvalue weighted by Gasteiger charge is 2.07. The second-order valence-corrected chi connectivity index (χ2v) is 2.19. The summed E-state index contributed by atoms with van der Waals surface area (Å²) in [4.78, 5) is 10.9. The van der Waals surface area contributed by atoms with E-state index in [0.717, 1.165) is 0 Å². The number of carbonyl (C=O) groups excluding carboxylic acids is 1. The van der Waals surface area contributed by atoms with E-state index in [1.165, 1.54) is 12.5 Å². The Morgan fingerprint density at radius 2 is 2.64 bits per heavy atom. The zero-order chi connectivity index (χ0) is 8.27. The van der Waals surface area contributed by atoms with Crippen LogP contribution in [0.5, 0.6) is 0 Å². The number of hydrogen-bond donors (Lipinski definition) is 2. The van der Waals surface area contributed by atoms with Gasteiger partial charge in [-0.05, 0) is 6.92 Å². The van der Waals surface area contributed by atoms with Crippen LogP contribution < -0.4 is 11.1 Å². The first-order valence-corrected chi connectivity index (χ1v) is 3.16. The molecule has 0 saturated carbocycles. The molecule has 0 aliphatic heterocycles. The van der Waals surface area contributed by atoms with Gasteiger partial charge in [-0.15, -0.1) is 0 Å². The van der Waals surface area contributed by atoms with E-state index in [-0.39, 0.29) is 5.91 Å². The number of aromatic nitrogens is 1. The van der Waals surface area contributed by atoms with Crippen molar-refractivity contribution < 1.29 is 9.32 Å². The molecule has 0 aliphatic carbocycles. The van der Waals surface area contributed by atoms with Gasteiger partial charge in [-0.2, -0.15) is 0 Å². The molecular weight excluding hydrogens is 146 g/mol.